The number of benzene rings is 1. The predicted octanol–water partition coefficient (Wildman–Crippen LogP) is 3.24. The lowest BCUT2D eigenvalue weighted by Crippen LogP contribution is -2.55. The van der Waals surface area contributed by atoms with E-state index in [2.05, 4.69) is 0 Å². The lowest BCUT2D eigenvalue weighted by molar-refractivity contribution is -0.123. The van der Waals surface area contributed by atoms with Crippen molar-refractivity contribution in [1.82, 2.24) is 4.90 Å². The number of hydrogen-bond donors (Lipinski definition) is 0. The molecule has 2 aromatic rings. The van der Waals surface area contributed by atoms with Crippen LogP contribution in [0.5, 0.6) is 0 Å². The Hall–Kier alpha value is -2.89. The van der Waals surface area contributed by atoms with Crippen molar-refractivity contribution in [3.05, 3.63) is 54.5 Å². The SMILES string of the molecule is CCC(C)(C)N(C(=O)c1ccco1)C1CC(=O)N(c2ccccc2)C1=O. The Labute approximate surface area is 152 Å². The standard InChI is InChI=1S/C20H22N2O4/c1-4-20(2,3)22(19(25)16-11-8-12-26-16)15-13-17(23)21(18(15)24)14-9-6-5-7-10-14/h5-12,15H,4,13H2,1-3H3. The summed E-state index contributed by atoms with van der Waals surface area (Å²) >= 11 is 0. The molecule has 0 aliphatic carbocycles. The fraction of sp³-hybridized carbons (Fsp3) is 0.350. The van der Waals surface area contributed by atoms with Gasteiger partial charge >= 0.3 is 0 Å². The molecule has 1 fully saturated rings. The summed E-state index contributed by atoms with van der Waals surface area (Å²) in [6, 6.07) is 11.1. The zero-order valence-corrected chi connectivity index (χ0v) is 15.1. The zero-order valence-electron chi connectivity index (χ0n) is 15.1. The topological polar surface area (TPSA) is 70.8 Å². The minimum atomic E-state index is -0.852. The molecule has 2 heterocycles. The van der Waals surface area contributed by atoms with Gasteiger partial charge in [-0.2, -0.15) is 0 Å². The average molecular weight is 354 g/mol. The van der Waals surface area contributed by atoms with Crippen LogP contribution in [-0.4, -0.2) is 34.2 Å². The molecule has 26 heavy (non-hydrogen) atoms. The van der Waals surface area contributed by atoms with Gasteiger partial charge < -0.3 is 9.32 Å². The minimum Gasteiger partial charge on any atom is -0.459 e. The van der Waals surface area contributed by atoms with Gasteiger partial charge in [0.2, 0.25) is 5.91 Å². The summed E-state index contributed by atoms with van der Waals surface area (Å²) in [4.78, 5) is 41.3. The zero-order chi connectivity index (χ0) is 18.9. The van der Waals surface area contributed by atoms with Crippen LogP contribution in [0, 0.1) is 0 Å². The van der Waals surface area contributed by atoms with E-state index in [0.717, 1.165) is 0 Å². The smallest absolute Gasteiger partial charge is 0.290 e. The van der Waals surface area contributed by atoms with Crippen LogP contribution in [0.2, 0.25) is 0 Å². The molecule has 1 atom stereocenters. The van der Waals surface area contributed by atoms with Gasteiger partial charge in [-0.05, 0) is 44.5 Å². The molecule has 1 aromatic heterocycles. The Morgan fingerprint density at radius 3 is 2.46 bits per heavy atom. The molecule has 1 aromatic carbocycles. The highest BCUT2D eigenvalue weighted by Gasteiger charge is 2.48. The molecule has 3 amide bonds. The molecule has 0 spiro atoms. The number of carbonyl (C=O) groups is 3. The Kier molecular flexibility index (Phi) is 4.68. The number of anilines is 1. The van der Waals surface area contributed by atoms with Crippen molar-refractivity contribution in [3.63, 3.8) is 0 Å². The predicted molar refractivity (Wildman–Crippen MR) is 96.6 cm³/mol. The summed E-state index contributed by atoms with van der Waals surface area (Å²) in [5.74, 6) is -0.925. The molecule has 0 radical (unpaired) electrons. The molecule has 1 aliphatic heterocycles. The number of furan rings is 1. The molecule has 0 N–H and O–H groups in total. The molecule has 0 bridgehead atoms. The molecule has 6 nitrogen and oxygen atoms in total. The van der Waals surface area contributed by atoms with Crippen molar-refractivity contribution in [1.29, 1.82) is 0 Å². The third-order valence-electron chi connectivity index (χ3n) is 4.92. The molecule has 6 heteroatoms. The molecule has 136 valence electrons. The Morgan fingerprint density at radius 1 is 1.19 bits per heavy atom. The average Bonchev–Trinajstić information content (AvgIpc) is 3.25. The Morgan fingerprint density at radius 2 is 1.88 bits per heavy atom. The van der Waals surface area contributed by atoms with Crippen LogP contribution in [-0.2, 0) is 9.59 Å². The van der Waals surface area contributed by atoms with Gasteiger partial charge in [0.15, 0.2) is 5.76 Å². The first-order chi connectivity index (χ1) is 12.4. The molecule has 1 aliphatic rings. The number of amides is 3. The van der Waals surface area contributed by atoms with Crippen LogP contribution in [0.25, 0.3) is 0 Å². The first kappa shape index (κ1) is 17.9. The van der Waals surface area contributed by atoms with Gasteiger partial charge in [0.05, 0.1) is 18.4 Å². The van der Waals surface area contributed by atoms with Crippen molar-refractivity contribution >= 4 is 23.4 Å². The summed E-state index contributed by atoms with van der Waals surface area (Å²) in [5, 5.41) is 0. The number of hydrogen-bond acceptors (Lipinski definition) is 4. The van der Waals surface area contributed by atoms with Crippen molar-refractivity contribution in [3.8, 4) is 0 Å². The number of rotatable bonds is 5. The molecule has 0 saturated carbocycles. The summed E-state index contributed by atoms with van der Waals surface area (Å²) < 4.78 is 5.25. The van der Waals surface area contributed by atoms with Crippen molar-refractivity contribution in [2.45, 2.75) is 45.2 Å². The van der Waals surface area contributed by atoms with Crippen molar-refractivity contribution < 1.29 is 18.8 Å². The van der Waals surface area contributed by atoms with E-state index in [0.29, 0.717) is 12.1 Å². The highest BCUT2D eigenvalue weighted by atomic mass is 16.3. The van der Waals surface area contributed by atoms with E-state index >= 15 is 0 Å². The third kappa shape index (κ3) is 3.03. The van der Waals surface area contributed by atoms with Crippen LogP contribution < -0.4 is 4.90 Å². The van der Waals surface area contributed by atoms with Crippen LogP contribution in [0.15, 0.2) is 53.1 Å². The van der Waals surface area contributed by atoms with E-state index in [1.165, 1.54) is 16.1 Å². The summed E-state index contributed by atoms with van der Waals surface area (Å²) in [7, 11) is 0. The second-order valence-electron chi connectivity index (χ2n) is 6.94. The molecule has 1 saturated heterocycles. The second kappa shape index (κ2) is 6.78. The number of para-hydroxylation sites is 1. The molecule has 3 rings (SSSR count). The Bertz CT molecular complexity index is 812. The fourth-order valence-corrected chi connectivity index (χ4v) is 3.19. The van der Waals surface area contributed by atoms with Crippen LogP contribution in [0.1, 0.15) is 44.2 Å². The summed E-state index contributed by atoms with van der Waals surface area (Å²) in [5.41, 5.74) is -0.0957. The lowest BCUT2D eigenvalue weighted by atomic mass is 9.95. The van der Waals surface area contributed by atoms with E-state index in [1.807, 2.05) is 26.8 Å². The van der Waals surface area contributed by atoms with Gasteiger partial charge in [0.1, 0.15) is 6.04 Å². The number of nitrogens with zero attached hydrogens (tertiary/aromatic N) is 2. The second-order valence-corrected chi connectivity index (χ2v) is 6.94. The maximum Gasteiger partial charge on any atom is 0.290 e. The van der Waals surface area contributed by atoms with Gasteiger partial charge in [0, 0.05) is 5.54 Å². The van der Waals surface area contributed by atoms with E-state index in [-0.39, 0.29) is 29.9 Å². The van der Waals surface area contributed by atoms with Crippen molar-refractivity contribution in [2.24, 2.45) is 0 Å². The molecular formula is C20H22N2O4. The molecular weight excluding hydrogens is 332 g/mol. The van der Waals surface area contributed by atoms with E-state index in [4.69, 9.17) is 4.42 Å². The fourth-order valence-electron chi connectivity index (χ4n) is 3.19. The van der Waals surface area contributed by atoms with Crippen molar-refractivity contribution in [2.75, 3.05) is 4.90 Å². The maximum atomic E-state index is 13.1. The maximum absolute atomic E-state index is 13.1. The van der Waals surface area contributed by atoms with Gasteiger partial charge in [-0.3, -0.25) is 14.4 Å². The first-order valence-electron chi connectivity index (χ1n) is 8.66. The van der Waals surface area contributed by atoms with Crippen LogP contribution in [0.3, 0.4) is 0 Å². The Balaban J connectivity index is 1.99. The van der Waals surface area contributed by atoms with Crippen LogP contribution >= 0.6 is 0 Å². The minimum absolute atomic E-state index is 0.0381. The summed E-state index contributed by atoms with van der Waals surface area (Å²) in [6.07, 6.45) is 2.01. The lowest BCUT2D eigenvalue weighted by Gasteiger charge is -2.40. The molecule has 1 unspecified atom stereocenters. The quantitative estimate of drug-likeness (QED) is 0.773. The monoisotopic (exact) mass is 354 g/mol. The number of carbonyl (C=O) groups excluding carboxylic acids is 3. The highest BCUT2D eigenvalue weighted by molar-refractivity contribution is 6.23. The van der Waals surface area contributed by atoms with Crippen LogP contribution in [0.4, 0.5) is 5.69 Å². The number of imide groups is 1. The van der Waals surface area contributed by atoms with Gasteiger partial charge in [-0.15, -0.1) is 0 Å². The van der Waals surface area contributed by atoms with E-state index in [9.17, 15) is 14.4 Å². The van der Waals surface area contributed by atoms with E-state index in [1.54, 1.807) is 36.4 Å². The third-order valence-corrected chi connectivity index (χ3v) is 4.92. The van der Waals surface area contributed by atoms with E-state index < -0.39 is 11.6 Å². The van der Waals surface area contributed by atoms with Gasteiger partial charge in [-0.25, -0.2) is 4.90 Å². The first-order valence-corrected chi connectivity index (χ1v) is 8.66. The summed E-state index contributed by atoms with van der Waals surface area (Å²) in [6.45, 7) is 5.71. The normalized spacial score (nSPS) is 17.7. The van der Waals surface area contributed by atoms with Gasteiger partial charge in [0.25, 0.3) is 11.8 Å². The largest absolute Gasteiger partial charge is 0.459 e. The highest BCUT2D eigenvalue weighted by Crippen LogP contribution is 2.32. The van der Waals surface area contributed by atoms with Gasteiger partial charge in [-0.1, -0.05) is 25.1 Å².